The van der Waals surface area contributed by atoms with Gasteiger partial charge in [0.1, 0.15) is 12.2 Å². The van der Waals surface area contributed by atoms with Gasteiger partial charge in [-0.15, -0.1) is 0 Å². The fourth-order valence-electron chi connectivity index (χ4n) is 2.79. The Bertz CT molecular complexity index is 353. The van der Waals surface area contributed by atoms with Crippen LogP contribution < -0.4 is 0 Å². The fraction of sp³-hybridized carbons (Fsp3) is 0.842. The third-order valence-corrected chi connectivity index (χ3v) is 4.55. The summed E-state index contributed by atoms with van der Waals surface area (Å²) in [6.07, 6.45) is 14.4. The van der Waals surface area contributed by atoms with E-state index in [0.717, 1.165) is 44.9 Å². The summed E-state index contributed by atoms with van der Waals surface area (Å²) >= 11 is 0. The number of aliphatic hydroxyl groups excluding tert-OH is 1. The molecule has 2 N–H and O–H groups in total. The molecule has 4 atom stereocenters. The Labute approximate surface area is 140 Å². The minimum atomic E-state index is -0.708. The first kappa shape index (κ1) is 20.2. The van der Waals surface area contributed by atoms with Crippen LogP contribution in [0.3, 0.4) is 0 Å². The van der Waals surface area contributed by atoms with Gasteiger partial charge in [-0.25, -0.2) is 0 Å². The molecular weight excluding hydrogens is 292 g/mol. The number of epoxide rings is 1. The van der Waals surface area contributed by atoms with Gasteiger partial charge in [-0.2, -0.15) is 0 Å². The fourth-order valence-corrected chi connectivity index (χ4v) is 2.79. The molecule has 1 aliphatic heterocycles. The molecule has 1 fully saturated rings. The summed E-state index contributed by atoms with van der Waals surface area (Å²) < 4.78 is 5.52. The van der Waals surface area contributed by atoms with Crippen LogP contribution in [-0.2, 0) is 9.53 Å². The second-order valence-electron chi connectivity index (χ2n) is 6.79. The van der Waals surface area contributed by atoms with Crippen molar-refractivity contribution in [2.45, 2.75) is 96.4 Å². The second kappa shape index (κ2) is 11.6. The van der Waals surface area contributed by atoms with Gasteiger partial charge in [0.15, 0.2) is 0 Å². The average Bonchev–Trinajstić information content (AvgIpc) is 3.29. The molecule has 1 saturated heterocycles. The summed E-state index contributed by atoms with van der Waals surface area (Å²) in [5, 5.41) is 18.9. The molecule has 1 heterocycles. The number of ether oxygens (including phenoxy) is 1. The molecule has 0 aromatic rings. The average molecular weight is 326 g/mol. The highest BCUT2D eigenvalue weighted by atomic mass is 16.6. The highest BCUT2D eigenvalue weighted by molar-refractivity contribution is 5.69. The van der Waals surface area contributed by atoms with Gasteiger partial charge in [-0.05, 0) is 25.7 Å². The SMILES string of the molecule is CCCCCC=C[C@@H]1O[C@H]1[C@@H](O)CCCCCCC(C)C(=O)O. The van der Waals surface area contributed by atoms with Crippen LogP contribution in [-0.4, -0.2) is 34.5 Å². The van der Waals surface area contributed by atoms with E-state index in [1.165, 1.54) is 19.3 Å². The third kappa shape index (κ3) is 9.11. The zero-order valence-electron chi connectivity index (χ0n) is 14.7. The number of carbonyl (C=O) groups is 1. The molecule has 0 aromatic heterocycles. The molecule has 0 bridgehead atoms. The monoisotopic (exact) mass is 326 g/mol. The molecular formula is C19H34O4. The molecule has 23 heavy (non-hydrogen) atoms. The van der Waals surface area contributed by atoms with E-state index in [4.69, 9.17) is 9.84 Å². The van der Waals surface area contributed by atoms with Crippen molar-refractivity contribution in [3.63, 3.8) is 0 Å². The Morgan fingerprint density at radius 1 is 1.13 bits per heavy atom. The normalized spacial score (nSPS) is 23.1. The molecule has 0 radical (unpaired) electrons. The molecule has 1 rings (SSSR count). The topological polar surface area (TPSA) is 70.1 Å². The summed E-state index contributed by atoms with van der Waals surface area (Å²) in [6.45, 7) is 3.96. The van der Waals surface area contributed by atoms with Gasteiger partial charge in [0.05, 0.1) is 12.0 Å². The number of carboxylic acids is 1. The van der Waals surface area contributed by atoms with Crippen LogP contribution in [0.5, 0.6) is 0 Å². The first-order valence-corrected chi connectivity index (χ1v) is 9.29. The predicted octanol–water partition coefficient (Wildman–Crippen LogP) is 4.31. The van der Waals surface area contributed by atoms with Crippen molar-refractivity contribution in [1.29, 1.82) is 0 Å². The number of carboxylic acid groups (broad SMARTS) is 1. The lowest BCUT2D eigenvalue weighted by atomic mass is 10.0. The van der Waals surface area contributed by atoms with Crippen molar-refractivity contribution < 1.29 is 19.7 Å². The molecule has 0 saturated carbocycles. The van der Waals surface area contributed by atoms with Crippen LogP contribution in [0.25, 0.3) is 0 Å². The van der Waals surface area contributed by atoms with Gasteiger partial charge >= 0.3 is 5.97 Å². The van der Waals surface area contributed by atoms with Crippen LogP contribution in [0, 0.1) is 5.92 Å². The molecule has 0 aromatic carbocycles. The van der Waals surface area contributed by atoms with E-state index in [1.807, 2.05) is 0 Å². The summed E-state index contributed by atoms with van der Waals surface area (Å²) in [5.41, 5.74) is 0. The molecule has 4 nitrogen and oxygen atoms in total. The van der Waals surface area contributed by atoms with E-state index in [9.17, 15) is 9.90 Å². The highest BCUT2D eigenvalue weighted by Crippen LogP contribution is 2.29. The largest absolute Gasteiger partial charge is 0.481 e. The van der Waals surface area contributed by atoms with E-state index >= 15 is 0 Å². The summed E-state index contributed by atoms with van der Waals surface area (Å²) in [6, 6.07) is 0. The zero-order valence-corrected chi connectivity index (χ0v) is 14.7. The van der Waals surface area contributed by atoms with Gasteiger partial charge in [-0.1, -0.05) is 64.5 Å². The number of unbranched alkanes of at least 4 members (excludes halogenated alkanes) is 6. The minimum Gasteiger partial charge on any atom is -0.481 e. The summed E-state index contributed by atoms with van der Waals surface area (Å²) in [7, 11) is 0. The first-order chi connectivity index (χ1) is 11.1. The van der Waals surface area contributed by atoms with E-state index < -0.39 is 5.97 Å². The van der Waals surface area contributed by atoms with Gasteiger partial charge in [-0.3, -0.25) is 4.79 Å². The number of hydrogen-bond donors (Lipinski definition) is 2. The Kier molecular flexibility index (Phi) is 10.2. The lowest BCUT2D eigenvalue weighted by Gasteiger charge is -2.08. The molecule has 0 spiro atoms. The quantitative estimate of drug-likeness (QED) is 0.283. The highest BCUT2D eigenvalue weighted by Gasteiger charge is 2.41. The van der Waals surface area contributed by atoms with E-state index in [1.54, 1.807) is 6.92 Å². The Balaban J connectivity index is 1.97. The Morgan fingerprint density at radius 2 is 1.83 bits per heavy atom. The Morgan fingerprint density at radius 3 is 2.48 bits per heavy atom. The van der Waals surface area contributed by atoms with Crippen LogP contribution in [0.1, 0.15) is 78.1 Å². The van der Waals surface area contributed by atoms with Crippen molar-refractivity contribution in [2.75, 3.05) is 0 Å². The van der Waals surface area contributed by atoms with Gasteiger partial charge in [0.25, 0.3) is 0 Å². The number of rotatable bonds is 14. The third-order valence-electron chi connectivity index (χ3n) is 4.55. The lowest BCUT2D eigenvalue weighted by molar-refractivity contribution is -0.141. The summed E-state index contributed by atoms with van der Waals surface area (Å²) in [4.78, 5) is 10.7. The molecule has 0 aliphatic carbocycles. The number of allylic oxidation sites excluding steroid dienone is 1. The number of hydrogen-bond acceptors (Lipinski definition) is 3. The van der Waals surface area contributed by atoms with Gasteiger partial charge < -0.3 is 14.9 Å². The molecule has 0 amide bonds. The van der Waals surface area contributed by atoms with E-state index in [2.05, 4.69) is 19.1 Å². The maximum Gasteiger partial charge on any atom is 0.306 e. The second-order valence-corrected chi connectivity index (χ2v) is 6.79. The Hall–Kier alpha value is -0.870. The van der Waals surface area contributed by atoms with E-state index in [0.29, 0.717) is 0 Å². The van der Waals surface area contributed by atoms with Gasteiger partial charge in [0.2, 0.25) is 0 Å². The number of aliphatic hydroxyl groups is 1. The summed E-state index contributed by atoms with van der Waals surface area (Å²) in [5.74, 6) is -0.953. The van der Waals surface area contributed by atoms with Crippen LogP contribution in [0.15, 0.2) is 12.2 Å². The number of aliphatic carboxylic acids is 1. The van der Waals surface area contributed by atoms with Crippen molar-refractivity contribution in [3.05, 3.63) is 12.2 Å². The smallest absolute Gasteiger partial charge is 0.306 e. The lowest BCUT2D eigenvalue weighted by Crippen LogP contribution is -2.16. The van der Waals surface area contributed by atoms with Crippen molar-refractivity contribution in [3.8, 4) is 0 Å². The molecule has 134 valence electrons. The van der Waals surface area contributed by atoms with Crippen molar-refractivity contribution >= 4 is 5.97 Å². The maximum atomic E-state index is 10.7. The molecule has 1 unspecified atom stereocenters. The van der Waals surface area contributed by atoms with Crippen LogP contribution in [0.2, 0.25) is 0 Å². The first-order valence-electron chi connectivity index (χ1n) is 9.29. The van der Waals surface area contributed by atoms with Crippen molar-refractivity contribution in [1.82, 2.24) is 0 Å². The maximum absolute atomic E-state index is 10.7. The van der Waals surface area contributed by atoms with Crippen LogP contribution in [0.4, 0.5) is 0 Å². The zero-order chi connectivity index (χ0) is 17.1. The predicted molar refractivity (Wildman–Crippen MR) is 92.5 cm³/mol. The van der Waals surface area contributed by atoms with E-state index in [-0.39, 0.29) is 24.2 Å². The van der Waals surface area contributed by atoms with Gasteiger partial charge in [0, 0.05) is 0 Å². The molecule has 4 heteroatoms. The van der Waals surface area contributed by atoms with Crippen molar-refractivity contribution in [2.24, 2.45) is 5.92 Å². The van der Waals surface area contributed by atoms with Crippen LogP contribution >= 0.6 is 0 Å². The molecule has 1 aliphatic rings. The minimum absolute atomic E-state index is 0.00976. The standard InChI is InChI=1S/C19H34O4/c1-3-4-5-6-11-14-17-18(23-17)16(20)13-10-8-7-9-12-15(2)19(21)22/h11,14-18,20H,3-10,12-13H2,1-2H3,(H,21,22)/t15?,16-,17-,18-/m0/s1.